The van der Waals surface area contributed by atoms with Crippen LogP contribution in [0.5, 0.6) is 34.5 Å². The van der Waals surface area contributed by atoms with Crippen LogP contribution in [0.4, 0.5) is 34.1 Å². The third-order valence-corrected chi connectivity index (χ3v) is 12.8. The fourth-order valence-electron chi connectivity index (χ4n) is 10.7. The van der Waals surface area contributed by atoms with E-state index in [2.05, 4.69) is 174 Å². The Morgan fingerprint density at radius 3 is 1.43 bits per heavy atom. The molecule has 0 N–H and O–H groups in total. The van der Waals surface area contributed by atoms with Crippen molar-refractivity contribution in [2.75, 3.05) is 9.80 Å². The van der Waals surface area contributed by atoms with Gasteiger partial charge in [0.05, 0.1) is 0 Å². The summed E-state index contributed by atoms with van der Waals surface area (Å²) >= 11 is 0. The average Bonchev–Trinajstić information content (AvgIpc) is 3.25. The monoisotopic (exact) mass is 712 g/mol. The zero-order chi connectivity index (χ0) is 36.2. The first-order valence-electron chi connectivity index (χ1n) is 19.4. The lowest BCUT2D eigenvalue weighted by Gasteiger charge is -2.47. The van der Waals surface area contributed by atoms with Crippen molar-refractivity contribution in [3.63, 3.8) is 0 Å². The van der Waals surface area contributed by atoms with Gasteiger partial charge in [0.2, 0.25) is 0 Å². The average molecular weight is 712 g/mol. The van der Waals surface area contributed by atoms with Gasteiger partial charge in [0, 0.05) is 40.2 Å². The maximum absolute atomic E-state index is 7.19. The van der Waals surface area contributed by atoms with Crippen molar-refractivity contribution in [3.05, 3.63) is 164 Å². The standard InChI is InChI=1S/C48H27B3N2O3/c1-2-13-28(14-3-1)52-35-19-8-4-15-29(35)50-33-25-42-34(26-41(33)55-40-24-12-22-38(52)45(40)50)51-31-17-6-10-21-37(31)53-36-20-9-5-16-30(36)49-32-18-7-11-23-39(32)54-43-27-44(56-42)47(51)48(53)46(43)49/h1-27H. The minimum atomic E-state index is -0.0709. The van der Waals surface area contributed by atoms with Crippen molar-refractivity contribution in [2.45, 2.75) is 0 Å². The molecular formula is C48H27B3N2O3. The number of nitrogens with zero attached hydrogens (tertiary/aromatic N) is 2. The second-order valence-electron chi connectivity index (χ2n) is 15.5. The quantitative estimate of drug-likeness (QED) is 0.212. The Hall–Kier alpha value is -7.05. The second kappa shape index (κ2) is 10.4. The van der Waals surface area contributed by atoms with E-state index in [0.29, 0.717) is 0 Å². The van der Waals surface area contributed by atoms with E-state index in [1.54, 1.807) is 0 Å². The van der Waals surface area contributed by atoms with Crippen molar-refractivity contribution in [2.24, 2.45) is 0 Å². The summed E-state index contributed by atoms with van der Waals surface area (Å²) < 4.78 is 21.0. The molecule has 0 radical (unpaired) electrons. The minimum Gasteiger partial charge on any atom is -0.458 e. The van der Waals surface area contributed by atoms with Gasteiger partial charge in [-0.2, -0.15) is 0 Å². The van der Waals surface area contributed by atoms with Crippen molar-refractivity contribution in [1.82, 2.24) is 0 Å². The first-order chi connectivity index (χ1) is 27.8. The number of hydrogen-bond donors (Lipinski definition) is 0. The molecule has 0 amide bonds. The lowest BCUT2D eigenvalue weighted by molar-refractivity contribution is 0.463. The topological polar surface area (TPSA) is 34.2 Å². The molecule has 0 spiro atoms. The predicted molar refractivity (Wildman–Crippen MR) is 229 cm³/mol. The van der Waals surface area contributed by atoms with Crippen LogP contribution in [0.2, 0.25) is 0 Å². The van der Waals surface area contributed by atoms with Gasteiger partial charge in [0.25, 0.3) is 20.1 Å². The molecule has 0 fully saturated rings. The zero-order valence-corrected chi connectivity index (χ0v) is 29.9. The van der Waals surface area contributed by atoms with Crippen LogP contribution >= 0.6 is 0 Å². The number of fused-ring (bicyclic) bond motifs is 14. The van der Waals surface area contributed by atoms with E-state index in [1.165, 1.54) is 61.0 Å². The molecule has 256 valence electrons. The van der Waals surface area contributed by atoms with Crippen LogP contribution in [0.3, 0.4) is 0 Å². The van der Waals surface area contributed by atoms with Crippen LogP contribution in [0.15, 0.2) is 164 Å². The molecule has 0 aromatic heterocycles. The van der Waals surface area contributed by atoms with Crippen LogP contribution < -0.4 is 73.2 Å². The molecule has 0 bridgehead atoms. The van der Waals surface area contributed by atoms with Crippen LogP contribution in [-0.2, 0) is 0 Å². The van der Waals surface area contributed by atoms with Crippen LogP contribution in [0.1, 0.15) is 0 Å². The molecule has 8 aromatic rings. The van der Waals surface area contributed by atoms with E-state index < -0.39 is 0 Å². The minimum absolute atomic E-state index is 0.0349. The van der Waals surface area contributed by atoms with Crippen molar-refractivity contribution >= 4 is 103 Å². The summed E-state index contributed by atoms with van der Waals surface area (Å²) in [6, 6.07) is 58.8. The van der Waals surface area contributed by atoms with Crippen molar-refractivity contribution < 1.29 is 14.2 Å². The van der Waals surface area contributed by atoms with Crippen LogP contribution in [-0.4, -0.2) is 20.1 Å². The summed E-state index contributed by atoms with van der Waals surface area (Å²) in [7, 11) is 0. The molecule has 6 heterocycles. The van der Waals surface area contributed by atoms with E-state index in [1.807, 2.05) is 0 Å². The second-order valence-corrected chi connectivity index (χ2v) is 15.5. The summed E-state index contributed by atoms with van der Waals surface area (Å²) in [5.74, 6) is 5.21. The Morgan fingerprint density at radius 2 is 0.768 bits per heavy atom. The molecule has 6 aliphatic rings. The van der Waals surface area contributed by atoms with E-state index >= 15 is 0 Å². The summed E-state index contributed by atoms with van der Waals surface area (Å²) in [6.45, 7) is -0.0693. The highest BCUT2D eigenvalue weighted by Gasteiger charge is 2.51. The van der Waals surface area contributed by atoms with Crippen LogP contribution in [0.25, 0.3) is 0 Å². The molecule has 8 aromatic carbocycles. The first kappa shape index (κ1) is 29.3. The number of benzene rings is 8. The summed E-state index contributed by atoms with van der Waals surface area (Å²) in [5, 5.41) is 0. The molecule has 56 heavy (non-hydrogen) atoms. The Bertz CT molecular complexity index is 3080. The molecule has 5 nitrogen and oxygen atoms in total. The number of rotatable bonds is 1. The lowest BCUT2D eigenvalue weighted by atomic mass is 9.29. The predicted octanol–water partition coefficient (Wildman–Crippen LogP) is 5.43. The summed E-state index contributed by atoms with van der Waals surface area (Å²) in [4.78, 5) is 4.83. The number of anilines is 6. The number of para-hydroxylation sites is 5. The highest BCUT2D eigenvalue weighted by Crippen LogP contribution is 2.46. The third-order valence-electron chi connectivity index (χ3n) is 12.8. The molecule has 0 atom stereocenters. The fraction of sp³-hybridized carbons (Fsp3) is 0. The normalized spacial score (nSPS) is 14.7. The molecule has 0 unspecified atom stereocenters. The van der Waals surface area contributed by atoms with Gasteiger partial charge in [-0.15, -0.1) is 0 Å². The van der Waals surface area contributed by atoms with Gasteiger partial charge in [0.1, 0.15) is 34.5 Å². The number of ether oxygens (including phenoxy) is 3. The molecule has 0 saturated heterocycles. The molecule has 0 saturated carbocycles. The van der Waals surface area contributed by atoms with Gasteiger partial charge in [-0.05, 0) is 110 Å². The highest BCUT2D eigenvalue weighted by molar-refractivity contribution is 7.04. The van der Waals surface area contributed by atoms with Gasteiger partial charge in [0.15, 0.2) is 0 Å². The largest absolute Gasteiger partial charge is 0.458 e. The Kier molecular flexibility index (Phi) is 5.43. The van der Waals surface area contributed by atoms with E-state index in [4.69, 9.17) is 14.2 Å². The Labute approximate surface area is 324 Å². The van der Waals surface area contributed by atoms with Gasteiger partial charge in [-0.1, -0.05) is 97.1 Å². The van der Waals surface area contributed by atoms with Gasteiger partial charge in [-0.3, -0.25) is 0 Å². The lowest BCUT2D eigenvalue weighted by Crippen LogP contribution is -2.67. The number of hydrogen-bond acceptors (Lipinski definition) is 5. The SMILES string of the molecule is c1ccc(N2c3ccccc3B3c4cc5c(cc4Oc4cccc2c43)B2c3ccccc3N3c4ccccc4B4c6ccccc6Oc6cc(c2c3c64)O5)cc1. The van der Waals surface area contributed by atoms with E-state index in [-0.39, 0.29) is 20.1 Å². The Balaban J connectivity index is 1.01. The molecule has 8 heteroatoms. The molecule has 14 rings (SSSR count). The van der Waals surface area contributed by atoms with E-state index in [9.17, 15) is 0 Å². The van der Waals surface area contributed by atoms with Crippen LogP contribution in [0, 0.1) is 0 Å². The molecule has 6 aliphatic heterocycles. The molecule has 0 aliphatic carbocycles. The zero-order valence-electron chi connectivity index (χ0n) is 29.9. The maximum atomic E-state index is 7.19. The maximum Gasteiger partial charge on any atom is 0.256 e. The smallest absolute Gasteiger partial charge is 0.256 e. The Morgan fingerprint density at radius 1 is 0.304 bits per heavy atom. The van der Waals surface area contributed by atoms with Gasteiger partial charge >= 0.3 is 0 Å². The van der Waals surface area contributed by atoms with E-state index in [0.717, 1.165) is 56.8 Å². The third kappa shape index (κ3) is 3.56. The van der Waals surface area contributed by atoms with Crippen molar-refractivity contribution in [3.8, 4) is 34.5 Å². The van der Waals surface area contributed by atoms with Gasteiger partial charge < -0.3 is 24.0 Å². The van der Waals surface area contributed by atoms with Gasteiger partial charge in [-0.25, -0.2) is 0 Å². The molecular weight excluding hydrogens is 685 g/mol. The summed E-state index contributed by atoms with van der Waals surface area (Å²) in [5.41, 5.74) is 17.7. The fourth-order valence-corrected chi connectivity index (χ4v) is 10.7. The first-order valence-corrected chi connectivity index (χ1v) is 19.4. The highest BCUT2D eigenvalue weighted by atomic mass is 16.5. The summed E-state index contributed by atoms with van der Waals surface area (Å²) in [6.07, 6.45) is 0. The van der Waals surface area contributed by atoms with Crippen molar-refractivity contribution in [1.29, 1.82) is 0 Å².